The van der Waals surface area contributed by atoms with Gasteiger partial charge in [-0.15, -0.1) is 0 Å². The fraction of sp³-hybridized carbons (Fsp3) is 0.583. The first kappa shape index (κ1) is 15.9. The van der Waals surface area contributed by atoms with Gasteiger partial charge in [0, 0.05) is 5.41 Å². The summed E-state index contributed by atoms with van der Waals surface area (Å²) in [5.74, 6) is -0.0127. The highest BCUT2D eigenvalue weighted by atomic mass is 31.2. The highest BCUT2D eigenvalue weighted by Gasteiger charge is 2.72. The van der Waals surface area contributed by atoms with Crippen molar-refractivity contribution in [1.82, 2.24) is 19.5 Å². The van der Waals surface area contributed by atoms with Crippen LogP contribution < -0.4 is 5.73 Å². The first-order chi connectivity index (χ1) is 11.2. The average Bonchev–Trinajstić information content (AvgIpc) is 3.00. The molecule has 2 heterocycles. The lowest BCUT2D eigenvalue weighted by Gasteiger charge is -2.24. The fourth-order valence-electron chi connectivity index (χ4n) is 3.82. The van der Waals surface area contributed by atoms with E-state index in [4.69, 9.17) is 15.5 Å². The molecule has 4 rings (SSSR count). The van der Waals surface area contributed by atoms with Crippen LogP contribution in [0, 0.1) is 11.3 Å². The van der Waals surface area contributed by atoms with Gasteiger partial charge in [0.1, 0.15) is 17.9 Å². The van der Waals surface area contributed by atoms with Crippen LogP contribution in [0.4, 0.5) is 5.82 Å². The zero-order chi connectivity index (χ0) is 17.3. The summed E-state index contributed by atoms with van der Waals surface area (Å²) in [6, 6.07) is -0.542. The standard InChI is InChI=1S/C12H16N5O6P/c13-10-6-11(15-3-14-10)17(4-16-6)7-5-1-12(5,9(19)8(7)18)2-23-24(20,21)22/h3-5,7-9,18-19H,1-2H2,(H2,13,14,15)(H2,20,21,22)/t5-,7+,8-,9-,12-/m0/s1. The molecular weight excluding hydrogens is 341 g/mol. The van der Waals surface area contributed by atoms with Crippen LogP contribution in [0.2, 0.25) is 0 Å². The molecule has 0 saturated heterocycles. The van der Waals surface area contributed by atoms with Crippen LogP contribution >= 0.6 is 7.82 Å². The number of fused-ring (bicyclic) bond motifs is 2. The lowest BCUT2D eigenvalue weighted by molar-refractivity contribution is -0.0297. The Hall–Kier alpha value is -1.62. The second kappa shape index (κ2) is 4.94. The Morgan fingerprint density at radius 2 is 2.12 bits per heavy atom. The number of hydrogen-bond donors (Lipinski definition) is 5. The van der Waals surface area contributed by atoms with Crippen LogP contribution in [0.5, 0.6) is 0 Å². The number of aliphatic hydroxyl groups is 2. The van der Waals surface area contributed by atoms with Crippen LogP contribution in [0.3, 0.4) is 0 Å². The van der Waals surface area contributed by atoms with Crippen molar-refractivity contribution in [1.29, 1.82) is 0 Å². The summed E-state index contributed by atoms with van der Waals surface area (Å²) < 4.78 is 17.1. The van der Waals surface area contributed by atoms with E-state index in [1.165, 1.54) is 12.7 Å². The number of hydrogen-bond acceptors (Lipinski definition) is 8. The lowest BCUT2D eigenvalue weighted by atomic mass is 10.0. The predicted molar refractivity (Wildman–Crippen MR) is 79.3 cm³/mol. The topological polar surface area (TPSA) is 177 Å². The summed E-state index contributed by atoms with van der Waals surface area (Å²) >= 11 is 0. The molecule has 0 bridgehead atoms. The summed E-state index contributed by atoms with van der Waals surface area (Å²) in [6.07, 6.45) is 0.906. The van der Waals surface area contributed by atoms with Gasteiger partial charge in [-0.05, 0) is 12.3 Å². The molecule has 2 fully saturated rings. The molecule has 2 aromatic rings. The summed E-state index contributed by atoms with van der Waals surface area (Å²) in [5.41, 5.74) is 5.68. The van der Waals surface area contributed by atoms with Gasteiger partial charge in [-0.3, -0.25) is 4.52 Å². The van der Waals surface area contributed by atoms with Crippen molar-refractivity contribution >= 4 is 24.8 Å². The summed E-state index contributed by atoms with van der Waals surface area (Å²) in [7, 11) is -4.65. The number of nitrogens with two attached hydrogens (primary N) is 1. The number of rotatable bonds is 4. The molecule has 6 N–H and O–H groups in total. The predicted octanol–water partition coefficient (Wildman–Crippen LogP) is -1.20. The largest absolute Gasteiger partial charge is 0.469 e. The molecule has 0 aliphatic heterocycles. The van der Waals surface area contributed by atoms with Crippen molar-refractivity contribution in [2.24, 2.45) is 11.3 Å². The van der Waals surface area contributed by atoms with E-state index in [1.54, 1.807) is 4.57 Å². The molecule has 2 aliphatic carbocycles. The van der Waals surface area contributed by atoms with E-state index in [1.807, 2.05) is 0 Å². The molecule has 12 heteroatoms. The minimum atomic E-state index is -4.65. The van der Waals surface area contributed by atoms with Gasteiger partial charge >= 0.3 is 7.82 Å². The number of nitrogen functional groups attached to an aromatic ring is 1. The van der Waals surface area contributed by atoms with Crippen molar-refractivity contribution in [3.63, 3.8) is 0 Å². The number of imidazole rings is 1. The van der Waals surface area contributed by atoms with Crippen LogP contribution in [0.25, 0.3) is 11.2 Å². The van der Waals surface area contributed by atoms with Crippen LogP contribution in [-0.2, 0) is 9.09 Å². The molecule has 130 valence electrons. The monoisotopic (exact) mass is 357 g/mol. The van der Waals surface area contributed by atoms with Gasteiger partial charge in [0.15, 0.2) is 11.5 Å². The van der Waals surface area contributed by atoms with Gasteiger partial charge in [0.25, 0.3) is 0 Å². The van der Waals surface area contributed by atoms with Crippen molar-refractivity contribution in [3.8, 4) is 0 Å². The number of aromatic nitrogens is 4. The number of nitrogens with zero attached hydrogens (tertiary/aromatic N) is 4. The molecule has 2 aliphatic rings. The SMILES string of the molecule is Nc1ncnc2c1ncn2[C@H]1[C@H](O)[C@H](O)[C@]2(COP(=O)(O)O)C[C@@H]12. The molecule has 0 amide bonds. The maximum absolute atomic E-state index is 10.9. The van der Waals surface area contributed by atoms with E-state index < -0.39 is 31.5 Å². The Labute approximate surface area is 135 Å². The average molecular weight is 357 g/mol. The molecule has 2 saturated carbocycles. The summed E-state index contributed by atoms with van der Waals surface area (Å²) in [5, 5.41) is 20.8. The van der Waals surface area contributed by atoms with Crippen molar-refractivity contribution in [3.05, 3.63) is 12.7 Å². The Bertz CT molecular complexity index is 854. The Morgan fingerprint density at radius 3 is 2.83 bits per heavy atom. The van der Waals surface area contributed by atoms with Crippen LogP contribution in [0.15, 0.2) is 12.7 Å². The molecular formula is C12H16N5O6P. The normalized spacial score (nSPS) is 35.3. The number of phosphoric ester groups is 1. The highest BCUT2D eigenvalue weighted by Crippen LogP contribution is 2.68. The van der Waals surface area contributed by atoms with E-state index in [0.717, 1.165) is 0 Å². The molecule has 0 spiro atoms. The van der Waals surface area contributed by atoms with Crippen LogP contribution in [-0.4, -0.2) is 58.3 Å². The van der Waals surface area contributed by atoms with Crippen molar-refractivity contribution in [2.75, 3.05) is 12.3 Å². The Morgan fingerprint density at radius 1 is 1.38 bits per heavy atom. The zero-order valence-electron chi connectivity index (χ0n) is 12.3. The number of phosphoric acid groups is 1. The van der Waals surface area contributed by atoms with Gasteiger partial charge in [-0.2, -0.15) is 0 Å². The molecule has 2 aromatic heterocycles. The number of anilines is 1. The third-order valence-electron chi connectivity index (χ3n) is 5.06. The molecule has 24 heavy (non-hydrogen) atoms. The Kier molecular flexibility index (Phi) is 3.27. The molecule has 11 nitrogen and oxygen atoms in total. The summed E-state index contributed by atoms with van der Waals surface area (Å²) in [6.45, 7) is -0.333. The maximum atomic E-state index is 10.9. The van der Waals surface area contributed by atoms with E-state index in [9.17, 15) is 14.8 Å². The van der Waals surface area contributed by atoms with Gasteiger partial charge in [0.2, 0.25) is 0 Å². The van der Waals surface area contributed by atoms with E-state index in [-0.39, 0.29) is 18.3 Å². The fourth-order valence-corrected chi connectivity index (χ4v) is 4.23. The number of aliphatic hydroxyl groups excluding tert-OH is 2. The maximum Gasteiger partial charge on any atom is 0.469 e. The first-order valence-corrected chi connectivity index (χ1v) is 8.77. The lowest BCUT2D eigenvalue weighted by Crippen LogP contribution is -2.35. The van der Waals surface area contributed by atoms with E-state index in [0.29, 0.717) is 17.6 Å². The second-order valence-corrected chi connectivity index (χ2v) is 7.56. The summed E-state index contributed by atoms with van der Waals surface area (Å²) in [4.78, 5) is 29.9. The van der Waals surface area contributed by atoms with Crippen molar-refractivity contribution < 1.29 is 29.1 Å². The van der Waals surface area contributed by atoms with E-state index in [2.05, 4.69) is 19.5 Å². The Balaban J connectivity index is 1.68. The molecule has 5 atom stereocenters. The van der Waals surface area contributed by atoms with Crippen LogP contribution in [0.1, 0.15) is 12.5 Å². The molecule has 0 unspecified atom stereocenters. The second-order valence-electron chi connectivity index (χ2n) is 6.32. The van der Waals surface area contributed by atoms with Gasteiger partial charge in [0.05, 0.1) is 25.1 Å². The van der Waals surface area contributed by atoms with Crippen molar-refractivity contribution in [2.45, 2.75) is 24.7 Å². The molecule has 0 aromatic carbocycles. The minimum Gasteiger partial charge on any atom is -0.390 e. The third kappa shape index (κ3) is 2.17. The third-order valence-corrected chi connectivity index (χ3v) is 5.53. The highest BCUT2D eigenvalue weighted by molar-refractivity contribution is 7.46. The minimum absolute atomic E-state index is 0.207. The quantitative estimate of drug-likeness (QED) is 0.418. The van der Waals surface area contributed by atoms with Gasteiger partial charge in [-0.25, -0.2) is 19.5 Å². The smallest absolute Gasteiger partial charge is 0.390 e. The van der Waals surface area contributed by atoms with E-state index >= 15 is 0 Å². The van der Waals surface area contributed by atoms with Gasteiger partial charge < -0.3 is 30.3 Å². The first-order valence-electron chi connectivity index (χ1n) is 7.24. The molecule has 0 radical (unpaired) electrons. The van der Waals surface area contributed by atoms with Gasteiger partial charge in [-0.1, -0.05) is 0 Å². The zero-order valence-corrected chi connectivity index (χ0v) is 13.2.